The third-order valence-electron chi connectivity index (χ3n) is 4.19. The minimum Gasteiger partial charge on any atom is -0.478 e. The molecule has 0 spiro atoms. The zero-order chi connectivity index (χ0) is 15.2. The van der Waals surface area contributed by atoms with E-state index in [0.717, 1.165) is 25.3 Å². The standard InChI is InChI=1S/C16H25N3O2/c1-12-6-3-4-10-19(12)11-5-9-17-15-8-7-14(16(20)21)13(2)18-15/h7-8,12H,3-6,9-11H2,1-2H3,(H,17,18)(H,20,21). The van der Waals surface area contributed by atoms with Gasteiger partial charge in [-0.05, 0) is 51.8 Å². The highest BCUT2D eigenvalue weighted by Gasteiger charge is 2.17. The second-order valence-corrected chi connectivity index (χ2v) is 5.80. The van der Waals surface area contributed by atoms with Crippen molar-refractivity contribution in [3.63, 3.8) is 0 Å². The van der Waals surface area contributed by atoms with Crippen molar-refractivity contribution in [2.24, 2.45) is 0 Å². The molecule has 2 heterocycles. The lowest BCUT2D eigenvalue weighted by molar-refractivity contribution is 0.0695. The minimum atomic E-state index is -0.925. The number of anilines is 1. The highest BCUT2D eigenvalue weighted by molar-refractivity contribution is 5.89. The Hall–Kier alpha value is -1.62. The van der Waals surface area contributed by atoms with Gasteiger partial charge in [-0.25, -0.2) is 9.78 Å². The van der Waals surface area contributed by atoms with Crippen LogP contribution >= 0.6 is 0 Å². The van der Waals surface area contributed by atoms with E-state index in [1.54, 1.807) is 19.1 Å². The van der Waals surface area contributed by atoms with Gasteiger partial charge in [-0.3, -0.25) is 0 Å². The smallest absolute Gasteiger partial charge is 0.337 e. The molecular formula is C16H25N3O2. The van der Waals surface area contributed by atoms with E-state index < -0.39 is 5.97 Å². The fourth-order valence-electron chi connectivity index (χ4n) is 2.87. The average Bonchev–Trinajstić information content (AvgIpc) is 2.45. The zero-order valence-corrected chi connectivity index (χ0v) is 12.9. The Bertz CT molecular complexity index is 490. The molecule has 0 radical (unpaired) electrons. The summed E-state index contributed by atoms with van der Waals surface area (Å²) in [5.41, 5.74) is 0.819. The molecule has 2 rings (SSSR count). The summed E-state index contributed by atoms with van der Waals surface area (Å²) in [4.78, 5) is 17.8. The molecule has 1 aliphatic rings. The summed E-state index contributed by atoms with van der Waals surface area (Å²) < 4.78 is 0. The van der Waals surface area contributed by atoms with Crippen LogP contribution in [0.1, 0.15) is 48.7 Å². The number of nitrogens with one attached hydrogen (secondary N) is 1. The van der Waals surface area contributed by atoms with Crippen LogP contribution < -0.4 is 5.32 Å². The van der Waals surface area contributed by atoms with E-state index in [4.69, 9.17) is 5.11 Å². The van der Waals surface area contributed by atoms with Crippen LogP contribution in [0.3, 0.4) is 0 Å². The largest absolute Gasteiger partial charge is 0.478 e. The molecule has 5 heteroatoms. The molecule has 1 fully saturated rings. The van der Waals surface area contributed by atoms with Gasteiger partial charge in [0, 0.05) is 19.1 Å². The van der Waals surface area contributed by atoms with Crippen LogP contribution in [0.5, 0.6) is 0 Å². The van der Waals surface area contributed by atoms with Gasteiger partial charge in [-0.15, -0.1) is 0 Å². The Morgan fingerprint density at radius 2 is 2.29 bits per heavy atom. The maximum absolute atomic E-state index is 10.9. The van der Waals surface area contributed by atoms with Crippen molar-refractivity contribution >= 4 is 11.8 Å². The molecule has 5 nitrogen and oxygen atoms in total. The van der Waals surface area contributed by atoms with E-state index in [2.05, 4.69) is 22.1 Å². The van der Waals surface area contributed by atoms with Gasteiger partial charge in [0.25, 0.3) is 0 Å². The number of likely N-dealkylation sites (tertiary alicyclic amines) is 1. The molecule has 1 aromatic heterocycles. The summed E-state index contributed by atoms with van der Waals surface area (Å²) in [5, 5.41) is 12.2. The predicted molar refractivity (Wildman–Crippen MR) is 83.9 cm³/mol. The lowest BCUT2D eigenvalue weighted by atomic mass is 10.0. The third-order valence-corrected chi connectivity index (χ3v) is 4.19. The first-order chi connectivity index (χ1) is 10.1. The molecule has 0 bridgehead atoms. The number of carboxylic acid groups (broad SMARTS) is 1. The van der Waals surface area contributed by atoms with Gasteiger partial charge in [0.2, 0.25) is 0 Å². The van der Waals surface area contributed by atoms with Crippen LogP contribution in [-0.4, -0.2) is 46.6 Å². The molecule has 1 aromatic rings. The number of piperidine rings is 1. The molecule has 1 atom stereocenters. The van der Waals surface area contributed by atoms with E-state index in [1.165, 1.54) is 25.8 Å². The predicted octanol–water partition coefficient (Wildman–Crippen LogP) is 2.76. The first-order valence-corrected chi connectivity index (χ1v) is 7.77. The van der Waals surface area contributed by atoms with Crippen LogP contribution in [-0.2, 0) is 0 Å². The first kappa shape index (κ1) is 15.8. The normalized spacial score (nSPS) is 19.4. The van der Waals surface area contributed by atoms with E-state index >= 15 is 0 Å². The summed E-state index contributed by atoms with van der Waals surface area (Å²) >= 11 is 0. The monoisotopic (exact) mass is 291 g/mol. The summed E-state index contributed by atoms with van der Waals surface area (Å²) in [6.45, 7) is 7.22. The number of nitrogens with zero attached hydrogens (tertiary/aromatic N) is 2. The number of aromatic carboxylic acids is 1. The molecule has 0 saturated carbocycles. The molecule has 0 aromatic carbocycles. The van der Waals surface area contributed by atoms with Crippen LogP contribution in [0.25, 0.3) is 0 Å². The van der Waals surface area contributed by atoms with Gasteiger partial charge in [0.05, 0.1) is 11.3 Å². The topological polar surface area (TPSA) is 65.5 Å². The molecule has 1 unspecified atom stereocenters. The van der Waals surface area contributed by atoms with Gasteiger partial charge in [0.15, 0.2) is 0 Å². The second-order valence-electron chi connectivity index (χ2n) is 5.80. The number of hydrogen-bond acceptors (Lipinski definition) is 4. The quantitative estimate of drug-likeness (QED) is 0.789. The molecule has 2 N–H and O–H groups in total. The summed E-state index contributed by atoms with van der Waals surface area (Å²) in [5.74, 6) is -0.171. The van der Waals surface area contributed by atoms with Gasteiger partial charge >= 0.3 is 5.97 Å². The maximum atomic E-state index is 10.9. The zero-order valence-electron chi connectivity index (χ0n) is 12.9. The lowest BCUT2D eigenvalue weighted by Gasteiger charge is -2.33. The van der Waals surface area contributed by atoms with Crippen LogP contribution in [0.4, 0.5) is 5.82 Å². The lowest BCUT2D eigenvalue weighted by Crippen LogP contribution is -2.38. The number of hydrogen-bond donors (Lipinski definition) is 2. The van der Waals surface area contributed by atoms with Crippen LogP contribution in [0, 0.1) is 6.92 Å². The number of carboxylic acids is 1. The van der Waals surface area contributed by atoms with Crippen LogP contribution in [0.2, 0.25) is 0 Å². The fourth-order valence-corrected chi connectivity index (χ4v) is 2.87. The first-order valence-electron chi connectivity index (χ1n) is 7.77. The summed E-state index contributed by atoms with van der Waals surface area (Å²) in [6.07, 6.45) is 5.06. The number of rotatable bonds is 6. The fraction of sp³-hybridized carbons (Fsp3) is 0.625. The van der Waals surface area contributed by atoms with Crippen molar-refractivity contribution in [2.45, 2.75) is 45.6 Å². The second kappa shape index (κ2) is 7.41. The number of aryl methyl sites for hydroxylation is 1. The van der Waals surface area contributed by atoms with Crippen molar-refractivity contribution in [3.8, 4) is 0 Å². The maximum Gasteiger partial charge on any atom is 0.337 e. The van der Waals surface area contributed by atoms with E-state index in [0.29, 0.717) is 11.7 Å². The average molecular weight is 291 g/mol. The Balaban J connectivity index is 1.76. The van der Waals surface area contributed by atoms with Gasteiger partial charge in [-0.1, -0.05) is 6.42 Å². The molecule has 21 heavy (non-hydrogen) atoms. The SMILES string of the molecule is Cc1nc(NCCCN2CCCCC2C)ccc1C(=O)O. The molecule has 116 valence electrons. The number of carbonyl (C=O) groups is 1. The number of pyridine rings is 1. The Morgan fingerprint density at radius 3 is 2.95 bits per heavy atom. The summed E-state index contributed by atoms with van der Waals surface area (Å²) in [6, 6.07) is 4.05. The highest BCUT2D eigenvalue weighted by atomic mass is 16.4. The number of aromatic nitrogens is 1. The van der Waals surface area contributed by atoms with Gasteiger partial charge < -0.3 is 15.3 Å². The van der Waals surface area contributed by atoms with Crippen molar-refractivity contribution in [2.75, 3.05) is 25.0 Å². The van der Waals surface area contributed by atoms with Crippen LogP contribution in [0.15, 0.2) is 12.1 Å². The molecule has 0 amide bonds. The van der Waals surface area contributed by atoms with Crippen molar-refractivity contribution in [1.82, 2.24) is 9.88 Å². The molecular weight excluding hydrogens is 266 g/mol. The van der Waals surface area contributed by atoms with Gasteiger partial charge in [-0.2, -0.15) is 0 Å². The van der Waals surface area contributed by atoms with Gasteiger partial charge in [0.1, 0.15) is 5.82 Å². The van der Waals surface area contributed by atoms with Crippen molar-refractivity contribution < 1.29 is 9.90 Å². The molecule has 1 aliphatic heterocycles. The Labute approximate surface area is 126 Å². The van der Waals surface area contributed by atoms with E-state index in [1.807, 2.05) is 0 Å². The Kier molecular flexibility index (Phi) is 5.56. The highest BCUT2D eigenvalue weighted by Crippen LogP contribution is 2.16. The molecule has 1 saturated heterocycles. The van der Waals surface area contributed by atoms with Crippen molar-refractivity contribution in [1.29, 1.82) is 0 Å². The molecule has 0 aliphatic carbocycles. The Morgan fingerprint density at radius 1 is 1.48 bits per heavy atom. The van der Waals surface area contributed by atoms with E-state index in [-0.39, 0.29) is 5.56 Å². The third kappa shape index (κ3) is 4.43. The minimum absolute atomic E-state index is 0.266. The summed E-state index contributed by atoms with van der Waals surface area (Å²) in [7, 11) is 0. The van der Waals surface area contributed by atoms with E-state index in [9.17, 15) is 4.79 Å². The van der Waals surface area contributed by atoms with Crippen molar-refractivity contribution in [3.05, 3.63) is 23.4 Å².